The van der Waals surface area contributed by atoms with Gasteiger partial charge in [-0.25, -0.2) is 4.98 Å². The number of anilines is 3. The summed E-state index contributed by atoms with van der Waals surface area (Å²) < 4.78 is 13.0. The van der Waals surface area contributed by atoms with Crippen LogP contribution >= 0.6 is 0 Å². The van der Waals surface area contributed by atoms with E-state index in [-0.39, 0.29) is 0 Å². The number of benzene rings is 8. The minimum atomic E-state index is 0.604. The largest absolute Gasteiger partial charge is 0.456 e. The lowest BCUT2D eigenvalue weighted by atomic mass is 9.98. The lowest BCUT2D eigenvalue weighted by Gasteiger charge is -2.26. The molecule has 0 bridgehead atoms. The van der Waals surface area contributed by atoms with Gasteiger partial charge in [-0.05, 0) is 82.9 Å². The van der Waals surface area contributed by atoms with Crippen LogP contribution in [0.3, 0.4) is 0 Å². The van der Waals surface area contributed by atoms with Gasteiger partial charge in [-0.3, -0.25) is 0 Å². The Balaban J connectivity index is 1.11. The number of furan rings is 1. The fraction of sp³-hybridized carbons (Fsp3) is 0. The SMILES string of the molecule is c1ccc(-c2cccc(N(c3ccc(-c4ccc(-c5ccccc5)c5nc(-c6ccccc6)oc45)cc3)c3ccc4c(c3)oc3ccccc34)c2)cc1. The molecule has 0 aliphatic rings. The molecule has 0 saturated carbocycles. The standard InChI is InChI=1S/C49H32N2O2/c1-4-13-33(14-5-1)37-19-12-20-39(31-37)51(40-27-28-44-43-21-10-11-22-45(43)52-46(44)32-40)38-25-23-35(24-26-38)42-30-29-41(34-15-6-2-7-16-34)47-48(42)53-49(50-47)36-17-8-3-9-18-36/h1-32H. The smallest absolute Gasteiger partial charge is 0.227 e. The number of hydrogen-bond acceptors (Lipinski definition) is 4. The van der Waals surface area contributed by atoms with Crippen molar-refractivity contribution in [1.29, 1.82) is 0 Å². The van der Waals surface area contributed by atoms with E-state index in [9.17, 15) is 0 Å². The molecule has 0 radical (unpaired) electrons. The van der Waals surface area contributed by atoms with Gasteiger partial charge in [-0.2, -0.15) is 0 Å². The maximum absolute atomic E-state index is 6.61. The molecule has 0 spiro atoms. The average molecular weight is 681 g/mol. The van der Waals surface area contributed by atoms with Gasteiger partial charge in [0.25, 0.3) is 0 Å². The van der Waals surface area contributed by atoms with Crippen molar-refractivity contribution in [2.45, 2.75) is 0 Å². The van der Waals surface area contributed by atoms with Crippen LogP contribution in [0.1, 0.15) is 0 Å². The highest BCUT2D eigenvalue weighted by atomic mass is 16.3. The summed E-state index contributed by atoms with van der Waals surface area (Å²) in [6.07, 6.45) is 0. The van der Waals surface area contributed by atoms with E-state index >= 15 is 0 Å². The molecule has 0 N–H and O–H groups in total. The van der Waals surface area contributed by atoms with Crippen molar-refractivity contribution in [2.75, 3.05) is 4.90 Å². The van der Waals surface area contributed by atoms with Gasteiger partial charge in [0, 0.05) is 50.6 Å². The molecule has 8 aromatic carbocycles. The Morgan fingerprint density at radius 3 is 1.72 bits per heavy atom. The molecular weight excluding hydrogens is 649 g/mol. The summed E-state index contributed by atoms with van der Waals surface area (Å²) in [6, 6.07) is 67.4. The summed E-state index contributed by atoms with van der Waals surface area (Å²) >= 11 is 0. The number of para-hydroxylation sites is 1. The second kappa shape index (κ2) is 12.9. The molecule has 250 valence electrons. The van der Waals surface area contributed by atoms with Gasteiger partial charge in [-0.1, -0.05) is 127 Å². The number of aromatic nitrogens is 1. The molecule has 0 atom stereocenters. The Kier molecular flexibility index (Phi) is 7.43. The molecule has 2 heterocycles. The fourth-order valence-corrected chi connectivity index (χ4v) is 7.33. The Morgan fingerprint density at radius 2 is 0.943 bits per heavy atom. The number of hydrogen-bond donors (Lipinski definition) is 0. The summed E-state index contributed by atoms with van der Waals surface area (Å²) in [4.78, 5) is 7.35. The van der Waals surface area contributed by atoms with Crippen molar-refractivity contribution in [2.24, 2.45) is 0 Å². The van der Waals surface area contributed by atoms with Gasteiger partial charge < -0.3 is 13.7 Å². The van der Waals surface area contributed by atoms with Crippen LogP contribution in [0.4, 0.5) is 17.1 Å². The van der Waals surface area contributed by atoms with Crippen molar-refractivity contribution in [1.82, 2.24) is 4.98 Å². The van der Waals surface area contributed by atoms with E-state index < -0.39 is 0 Å². The van der Waals surface area contributed by atoms with Crippen LogP contribution in [0.5, 0.6) is 0 Å². The lowest BCUT2D eigenvalue weighted by Crippen LogP contribution is -2.10. The average Bonchev–Trinajstić information content (AvgIpc) is 3.85. The Morgan fingerprint density at radius 1 is 0.358 bits per heavy atom. The van der Waals surface area contributed by atoms with Crippen molar-refractivity contribution in [3.63, 3.8) is 0 Å². The summed E-state index contributed by atoms with van der Waals surface area (Å²) in [7, 11) is 0. The van der Waals surface area contributed by atoms with Crippen LogP contribution in [0.2, 0.25) is 0 Å². The van der Waals surface area contributed by atoms with Crippen molar-refractivity contribution < 1.29 is 8.83 Å². The van der Waals surface area contributed by atoms with Crippen LogP contribution in [0, 0.1) is 0 Å². The highest BCUT2D eigenvalue weighted by molar-refractivity contribution is 6.06. The van der Waals surface area contributed by atoms with E-state index in [1.807, 2.05) is 54.6 Å². The molecule has 0 unspecified atom stereocenters. The topological polar surface area (TPSA) is 42.4 Å². The van der Waals surface area contributed by atoms with E-state index in [0.717, 1.165) is 83.5 Å². The monoisotopic (exact) mass is 680 g/mol. The molecule has 4 heteroatoms. The summed E-state index contributed by atoms with van der Waals surface area (Å²) in [6.45, 7) is 0. The molecule has 0 saturated heterocycles. The van der Waals surface area contributed by atoms with E-state index in [4.69, 9.17) is 13.8 Å². The molecule has 0 amide bonds. The van der Waals surface area contributed by atoms with Crippen molar-refractivity contribution >= 4 is 50.1 Å². The molecule has 0 fully saturated rings. The van der Waals surface area contributed by atoms with Gasteiger partial charge in [0.2, 0.25) is 5.89 Å². The summed E-state index contributed by atoms with van der Waals surface area (Å²) in [5.41, 5.74) is 13.8. The molecule has 10 rings (SSSR count). The minimum absolute atomic E-state index is 0.604. The number of fused-ring (bicyclic) bond motifs is 4. The second-order valence-electron chi connectivity index (χ2n) is 13.2. The third kappa shape index (κ3) is 5.54. The van der Waals surface area contributed by atoms with Gasteiger partial charge in [0.15, 0.2) is 5.58 Å². The molecule has 0 aliphatic carbocycles. The fourth-order valence-electron chi connectivity index (χ4n) is 7.33. The Hall–Kier alpha value is -7.17. The van der Waals surface area contributed by atoms with Crippen LogP contribution < -0.4 is 4.90 Å². The summed E-state index contributed by atoms with van der Waals surface area (Å²) in [5.74, 6) is 0.604. The quantitative estimate of drug-likeness (QED) is 0.168. The third-order valence-electron chi connectivity index (χ3n) is 9.92. The van der Waals surface area contributed by atoms with Gasteiger partial charge in [0.1, 0.15) is 16.7 Å². The van der Waals surface area contributed by atoms with E-state index in [1.165, 1.54) is 5.56 Å². The van der Waals surface area contributed by atoms with E-state index in [1.54, 1.807) is 0 Å². The van der Waals surface area contributed by atoms with Crippen LogP contribution in [-0.2, 0) is 0 Å². The van der Waals surface area contributed by atoms with Gasteiger partial charge in [-0.15, -0.1) is 0 Å². The van der Waals surface area contributed by atoms with Crippen molar-refractivity contribution in [3.8, 4) is 44.8 Å². The normalized spacial score (nSPS) is 11.4. The van der Waals surface area contributed by atoms with Gasteiger partial charge in [0.05, 0.1) is 0 Å². The molecule has 2 aromatic heterocycles. The maximum Gasteiger partial charge on any atom is 0.227 e. The molecule has 4 nitrogen and oxygen atoms in total. The van der Waals surface area contributed by atoms with E-state index in [0.29, 0.717) is 5.89 Å². The van der Waals surface area contributed by atoms with Crippen LogP contribution in [-0.4, -0.2) is 4.98 Å². The summed E-state index contributed by atoms with van der Waals surface area (Å²) in [5, 5.41) is 2.21. The van der Waals surface area contributed by atoms with Crippen LogP contribution in [0.25, 0.3) is 77.9 Å². The highest BCUT2D eigenvalue weighted by Crippen LogP contribution is 2.42. The van der Waals surface area contributed by atoms with E-state index in [2.05, 4.69) is 144 Å². The lowest BCUT2D eigenvalue weighted by molar-refractivity contribution is 0.621. The second-order valence-corrected chi connectivity index (χ2v) is 13.2. The number of rotatable bonds is 7. The Bertz CT molecular complexity index is 2870. The first-order valence-electron chi connectivity index (χ1n) is 17.8. The predicted molar refractivity (Wildman–Crippen MR) is 218 cm³/mol. The molecule has 53 heavy (non-hydrogen) atoms. The van der Waals surface area contributed by atoms with Crippen molar-refractivity contribution in [3.05, 3.63) is 194 Å². The number of nitrogens with zero attached hydrogens (tertiary/aromatic N) is 2. The van der Waals surface area contributed by atoms with Crippen LogP contribution in [0.15, 0.2) is 203 Å². The van der Waals surface area contributed by atoms with Gasteiger partial charge >= 0.3 is 0 Å². The minimum Gasteiger partial charge on any atom is -0.456 e. The first-order valence-corrected chi connectivity index (χ1v) is 17.8. The molecule has 0 aliphatic heterocycles. The third-order valence-corrected chi connectivity index (χ3v) is 9.92. The molecule has 10 aromatic rings. The molecular formula is C49H32N2O2. The Labute approximate surface area is 306 Å². The highest BCUT2D eigenvalue weighted by Gasteiger charge is 2.20. The zero-order valence-corrected chi connectivity index (χ0v) is 28.7. The first-order chi connectivity index (χ1) is 26.3. The zero-order chi connectivity index (χ0) is 35.1. The zero-order valence-electron chi connectivity index (χ0n) is 28.7. The maximum atomic E-state index is 6.61. The predicted octanol–water partition coefficient (Wildman–Crippen LogP) is 13.9. The number of oxazole rings is 1. The first kappa shape index (κ1) is 30.6.